The van der Waals surface area contributed by atoms with Crippen LogP contribution in [0.3, 0.4) is 0 Å². The summed E-state index contributed by atoms with van der Waals surface area (Å²) >= 11 is 0. The molecule has 0 bridgehead atoms. The standard InChI is InChI=1S/C15H20FNO2/c1-2-17(12-5-3-4-6-12)10-11-7-8-13(15(18)19)14(16)9-11/h7-9,12H,2-6,10H2,1H3,(H,18,19). The van der Waals surface area contributed by atoms with Crippen LogP contribution in [0.15, 0.2) is 18.2 Å². The van der Waals surface area contributed by atoms with Gasteiger partial charge in [-0.15, -0.1) is 0 Å². The van der Waals surface area contributed by atoms with Gasteiger partial charge in [0.25, 0.3) is 0 Å². The maximum Gasteiger partial charge on any atom is 0.338 e. The zero-order valence-corrected chi connectivity index (χ0v) is 11.2. The minimum Gasteiger partial charge on any atom is -0.478 e. The molecule has 0 heterocycles. The van der Waals surface area contributed by atoms with Gasteiger partial charge in [0, 0.05) is 12.6 Å². The lowest BCUT2D eigenvalue weighted by atomic mass is 10.1. The number of aromatic carboxylic acids is 1. The van der Waals surface area contributed by atoms with Gasteiger partial charge in [-0.2, -0.15) is 0 Å². The van der Waals surface area contributed by atoms with Crippen LogP contribution in [-0.2, 0) is 6.54 Å². The number of hydrogen-bond acceptors (Lipinski definition) is 2. The van der Waals surface area contributed by atoms with E-state index in [1.165, 1.54) is 37.8 Å². The molecule has 1 aromatic carbocycles. The van der Waals surface area contributed by atoms with Crippen LogP contribution >= 0.6 is 0 Å². The summed E-state index contributed by atoms with van der Waals surface area (Å²) in [5.74, 6) is -1.86. The van der Waals surface area contributed by atoms with E-state index in [4.69, 9.17) is 5.11 Å². The van der Waals surface area contributed by atoms with Crippen LogP contribution in [0.1, 0.15) is 48.5 Å². The summed E-state index contributed by atoms with van der Waals surface area (Å²) in [4.78, 5) is 13.1. The summed E-state index contributed by atoms with van der Waals surface area (Å²) in [6.07, 6.45) is 4.97. The molecule has 1 fully saturated rings. The molecule has 0 amide bonds. The fourth-order valence-electron chi connectivity index (χ4n) is 2.83. The Kier molecular flexibility index (Phi) is 4.53. The Morgan fingerprint density at radius 1 is 1.42 bits per heavy atom. The number of carboxylic acids is 1. The maximum atomic E-state index is 13.6. The van der Waals surface area contributed by atoms with Gasteiger partial charge in [0.1, 0.15) is 5.82 Å². The molecule has 1 saturated carbocycles. The normalized spacial score (nSPS) is 16.2. The van der Waals surface area contributed by atoms with Crippen molar-refractivity contribution in [2.75, 3.05) is 6.54 Å². The van der Waals surface area contributed by atoms with E-state index in [2.05, 4.69) is 11.8 Å². The Morgan fingerprint density at radius 2 is 2.11 bits per heavy atom. The first-order chi connectivity index (χ1) is 9.11. The topological polar surface area (TPSA) is 40.5 Å². The molecule has 0 radical (unpaired) electrons. The molecule has 0 atom stereocenters. The van der Waals surface area contributed by atoms with Gasteiger partial charge in [-0.3, -0.25) is 4.90 Å². The number of nitrogens with zero attached hydrogens (tertiary/aromatic N) is 1. The van der Waals surface area contributed by atoms with Crippen LogP contribution in [0.4, 0.5) is 4.39 Å². The van der Waals surface area contributed by atoms with Crippen molar-refractivity contribution in [1.82, 2.24) is 4.90 Å². The highest BCUT2D eigenvalue weighted by Crippen LogP contribution is 2.25. The van der Waals surface area contributed by atoms with Crippen molar-refractivity contribution in [3.8, 4) is 0 Å². The fourth-order valence-corrected chi connectivity index (χ4v) is 2.83. The van der Waals surface area contributed by atoms with E-state index >= 15 is 0 Å². The van der Waals surface area contributed by atoms with Crippen LogP contribution in [0.5, 0.6) is 0 Å². The van der Waals surface area contributed by atoms with Crippen molar-refractivity contribution in [2.24, 2.45) is 0 Å². The Bertz CT molecular complexity index is 455. The molecule has 4 heteroatoms. The quantitative estimate of drug-likeness (QED) is 0.888. The number of benzene rings is 1. The van der Waals surface area contributed by atoms with Crippen molar-refractivity contribution < 1.29 is 14.3 Å². The molecular weight excluding hydrogens is 245 g/mol. The largest absolute Gasteiger partial charge is 0.478 e. The zero-order valence-electron chi connectivity index (χ0n) is 11.2. The minimum absolute atomic E-state index is 0.257. The second-order valence-electron chi connectivity index (χ2n) is 5.12. The predicted octanol–water partition coefficient (Wildman–Crippen LogP) is 3.29. The Balaban J connectivity index is 2.09. The van der Waals surface area contributed by atoms with Crippen molar-refractivity contribution in [1.29, 1.82) is 0 Å². The van der Waals surface area contributed by atoms with E-state index in [9.17, 15) is 9.18 Å². The summed E-state index contributed by atoms with van der Waals surface area (Å²) in [6.45, 7) is 3.74. The third kappa shape index (κ3) is 3.32. The smallest absolute Gasteiger partial charge is 0.338 e. The second kappa shape index (κ2) is 6.15. The van der Waals surface area contributed by atoms with Crippen molar-refractivity contribution in [2.45, 2.75) is 45.2 Å². The lowest BCUT2D eigenvalue weighted by Gasteiger charge is -2.27. The van der Waals surface area contributed by atoms with E-state index in [1.807, 2.05) is 0 Å². The summed E-state index contributed by atoms with van der Waals surface area (Å²) in [5, 5.41) is 8.81. The highest BCUT2D eigenvalue weighted by molar-refractivity contribution is 5.87. The van der Waals surface area contributed by atoms with E-state index < -0.39 is 11.8 Å². The minimum atomic E-state index is -1.22. The molecule has 1 N–H and O–H groups in total. The molecule has 0 aromatic heterocycles. The molecule has 1 aliphatic rings. The zero-order chi connectivity index (χ0) is 13.8. The molecule has 0 unspecified atom stereocenters. The number of hydrogen-bond donors (Lipinski definition) is 1. The van der Waals surface area contributed by atoms with Crippen LogP contribution < -0.4 is 0 Å². The lowest BCUT2D eigenvalue weighted by Crippen LogP contribution is -2.32. The Labute approximate surface area is 113 Å². The third-order valence-corrected chi connectivity index (χ3v) is 3.90. The van der Waals surface area contributed by atoms with E-state index in [1.54, 1.807) is 6.07 Å². The Hall–Kier alpha value is -1.42. The number of halogens is 1. The van der Waals surface area contributed by atoms with Gasteiger partial charge >= 0.3 is 5.97 Å². The third-order valence-electron chi connectivity index (χ3n) is 3.90. The highest BCUT2D eigenvalue weighted by Gasteiger charge is 2.21. The van der Waals surface area contributed by atoms with E-state index in [0.29, 0.717) is 12.6 Å². The SMILES string of the molecule is CCN(Cc1ccc(C(=O)O)c(F)c1)C1CCCC1. The van der Waals surface area contributed by atoms with E-state index in [0.717, 1.165) is 12.1 Å². The molecule has 0 aliphatic heterocycles. The maximum absolute atomic E-state index is 13.6. The number of carboxylic acid groups (broad SMARTS) is 1. The van der Waals surface area contributed by atoms with Gasteiger partial charge < -0.3 is 5.11 Å². The van der Waals surface area contributed by atoms with Gasteiger partial charge in [0.15, 0.2) is 0 Å². The molecule has 19 heavy (non-hydrogen) atoms. The first kappa shape index (κ1) is 14.0. The van der Waals surface area contributed by atoms with Crippen molar-refractivity contribution in [3.63, 3.8) is 0 Å². The monoisotopic (exact) mass is 265 g/mol. The van der Waals surface area contributed by atoms with E-state index in [-0.39, 0.29) is 5.56 Å². The molecule has 1 aromatic rings. The number of carbonyl (C=O) groups is 1. The van der Waals surface area contributed by atoms with Gasteiger partial charge in [-0.25, -0.2) is 9.18 Å². The van der Waals surface area contributed by atoms with Crippen molar-refractivity contribution in [3.05, 3.63) is 35.1 Å². The molecule has 3 nitrogen and oxygen atoms in total. The summed E-state index contributed by atoms with van der Waals surface area (Å²) in [5.41, 5.74) is 0.587. The molecule has 104 valence electrons. The average molecular weight is 265 g/mol. The summed E-state index contributed by atoms with van der Waals surface area (Å²) in [7, 11) is 0. The molecular formula is C15H20FNO2. The van der Waals surface area contributed by atoms with Gasteiger partial charge in [0.05, 0.1) is 5.56 Å². The highest BCUT2D eigenvalue weighted by atomic mass is 19.1. The summed E-state index contributed by atoms with van der Waals surface area (Å²) < 4.78 is 13.6. The molecule has 0 saturated heterocycles. The second-order valence-corrected chi connectivity index (χ2v) is 5.12. The molecule has 0 spiro atoms. The molecule has 2 rings (SSSR count). The first-order valence-electron chi connectivity index (χ1n) is 6.87. The van der Waals surface area contributed by atoms with Gasteiger partial charge in [-0.1, -0.05) is 25.8 Å². The predicted molar refractivity (Wildman–Crippen MR) is 71.7 cm³/mol. The first-order valence-corrected chi connectivity index (χ1v) is 6.87. The van der Waals surface area contributed by atoms with Crippen LogP contribution in [0.25, 0.3) is 0 Å². The lowest BCUT2D eigenvalue weighted by molar-refractivity contribution is 0.0692. The fraction of sp³-hybridized carbons (Fsp3) is 0.533. The van der Waals surface area contributed by atoms with Crippen LogP contribution in [0.2, 0.25) is 0 Å². The summed E-state index contributed by atoms with van der Waals surface area (Å²) in [6, 6.07) is 5.01. The Morgan fingerprint density at radius 3 is 2.63 bits per heavy atom. The number of rotatable bonds is 5. The molecule has 1 aliphatic carbocycles. The van der Waals surface area contributed by atoms with Gasteiger partial charge in [0.2, 0.25) is 0 Å². The van der Waals surface area contributed by atoms with Crippen LogP contribution in [-0.4, -0.2) is 28.6 Å². The van der Waals surface area contributed by atoms with Gasteiger partial charge in [-0.05, 0) is 37.1 Å². The van der Waals surface area contributed by atoms with Crippen LogP contribution in [0, 0.1) is 5.82 Å². The average Bonchev–Trinajstić information content (AvgIpc) is 2.89. The van der Waals surface area contributed by atoms with Crippen molar-refractivity contribution >= 4 is 5.97 Å².